The van der Waals surface area contributed by atoms with Gasteiger partial charge in [-0.3, -0.25) is 9.79 Å². The number of rotatable bonds is 9. The molecular formula is C18H29N3O4. The van der Waals surface area contributed by atoms with Crippen LogP contribution in [0.1, 0.15) is 19.4 Å². The van der Waals surface area contributed by atoms with E-state index in [4.69, 9.17) is 14.2 Å². The molecule has 0 aromatic heterocycles. The highest BCUT2D eigenvalue weighted by Crippen LogP contribution is 2.27. The lowest BCUT2D eigenvalue weighted by Crippen LogP contribution is -2.38. The van der Waals surface area contributed by atoms with Crippen LogP contribution in [0.15, 0.2) is 23.2 Å². The highest BCUT2D eigenvalue weighted by Gasteiger charge is 2.12. The van der Waals surface area contributed by atoms with Gasteiger partial charge in [0.2, 0.25) is 0 Å². The molecule has 0 fully saturated rings. The second kappa shape index (κ2) is 11.2. The Labute approximate surface area is 149 Å². The molecule has 1 unspecified atom stereocenters. The highest BCUT2D eigenvalue weighted by molar-refractivity contribution is 5.80. The maximum Gasteiger partial charge on any atom is 0.310 e. The molecule has 0 aliphatic carbocycles. The third-order valence-corrected chi connectivity index (χ3v) is 3.63. The molecule has 1 aromatic rings. The molecule has 0 bridgehead atoms. The Kier molecular flexibility index (Phi) is 9.21. The van der Waals surface area contributed by atoms with E-state index in [1.807, 2.05) is 25.1 Å². The third-order valence-electron chi connectivity index (χ3n) is 3.63. The molecule has 7 heteroatoms. The molecule has 0 spiro atoms. The van der Waals surface area contributed by atoms with Crippen LogP contribution in [0.3, 0.4) is 0 Å². The van der Waals surface area contributed by atoms with Gasteiger partial charge in [0, 0.05) is 13.1 Å². The largest absolute Gasteiger partial charge is 0.493 e. The second-order valence-electron chi connectivity index (χ2n) is 5.51. The van der Waals surface area contributed by atoms with Crippen LogP contribution >= 0.6 is 0 Å². The minimum atomic E-state index is -0.272. The van der Waals surface area contributed by atoms with E-state index in [2.05, 4.69) is 15.6 Å². The zero-order chi connectivity index (χ0) is 18.7. The van der Waals surface area contributed by atoms with Crippen molar-refractivity contribution in [1.82, 2.24) is 10.6 Å². The Morgan fingerprint density at radius 1 is 1.16 bits per heavy atom. The topological polar surface area (TPSA) is 81.2 Å². The van der Waals surface area contributed by atoms with Gasteiger partial charge < -0.3 is 24.8 Å². The van der Waals surface area contributed by atoms with Crippen LogP contribution < -0.4 is 20.1 Å². The zero-order valence-corrected chi connectivity index (χ0v) is 15.7. The zero-order valence-electron chi connectivity index (χ0n) is 15.7. The molecule has 0 aliphatic rings. The number of methoxy groups -OCH3 is 3. The van der Waals surface area contributed by atoms with E-state index < -0.39 is 0 Å². The lowest BCUT2D eigenvalue weighted by Gasteiger charge is -2.13. The summed E-state index contributed by atoms with van der Waals surface area (Å²) in [4.78, 5) is 15.9. The molecule has 1 rings (SSSR count). The highest BCUT2D eigenvalue weighted by atomic mass is 16.5. The average Bonchev–Trinajstić information content (AvgIpc) is 2.64. The Balaban J connectivity index is 2.59. The van der Waals surface area contributed by atoms with E-state index in [1.54, 1.807) is 21.1 Å². The fourth-order valence-electron chi connectivity index (χ4n) is 2.21. The van der Waals surface area contributed by atoms with Crippen LogP contribution in [0.5, 0.6) is 11.5 Å². The predicted molar refractivity (Wildman–Crippen MR) is 98.4 cm³/mol. The van der Waals surface area contributed by atoms with E-state index >= 15 is 0 Å². The van der Waals surface area contributed by atoms with E-state index in [-0.39, 0.29) is 11.9 Å². The van der Waals surface area contributed by atoms with Crippen molar-refractivity contribution in [3.63, 3.8) is 0 Å². The van der Waals surface area contributed by atoms with Crippen molar-refractivity contribution < 1.29 is 19.0 Å². The van der Waals surface area contributed by atoms with Crippen LogP contribution in [0, 0.1) is 5.92 Å². The van der Waals surface area contributed by atoms with E-state index in [0.717, 1.165) is 18.5 Å². The molecule has 0 amide bonds. The molecule has 0 heterocycles. The normalized spacial score (nSPS) is 12.3. The molecule has 1 atom stereocenters. The fraction of sp³-hybridized carbons (Fsp3) is 0.556. The quantitative estimate of drug-likeness (QED) is 0.400. The number of carbonyl (C=O) groups excluding carboxylic acids is 1. The van der Waals surface area contributed by atoms with Crippen molar-refractivity contribution in [3.8, 4) is 11.5 Å². The molecule has 140 valence electrons. The van der Waals surface area contributed by atoms with Gasteiger partial charge in [-0.1, -0.05) is 13.0 Å². The Morgan fingerprint density at radius 3 is 2.48 bits per heavy atom. The first-order valence-corrected chi connectivity index (χ1v) is 8.36. The first-order chi connectivity index (χ1) is 12.0. The van der Waals surface area contributed by atoms with Gasteiger partial charge in [0.25, 0.3) is 0 Å². The maximum absolute atomic E-state index is 11.4. The van der Waals surface area contributed by atoms with E-state index in [0.29, 0.717) is 30.5 Å². The lowest BCUT2D eigenvalue weighted by molar-refractivity contribution is -0.144. The molecule has 25 heavy (non-hydrogen) atoms. The van der Waals surface area contributed by atoms with Crippen molar-refractivity contribution in [3.05, 3.63) is 23.8 Å². The van der Waals surface area contributed by atoms with Crippen LogP contribution in [0.4, 0.5) is 0 Å². The van der Waals surface area contributed by atoms with Crippen molar-refractivity contribution in [1.29, 1.82) is 0 Å². The number of nitrogens with one attached hydrogen (secondary N) is 2. The Hall–Kier alpha value is -2.44. The predicted octanol–water partition coefficient (Wildman–Crippen LogP) is 1.61. The molecule has 2 N–H and O–H groups in total. The molecule has 0 saturated carbocycles. The molecule has 1 aromatic carbocycles. The number of aliphatic imine (C=N–C) groups is 1. The minimum Gasteiger partial charge on any atom is -0.493 e. The molecule has 0 saturated heterocycles. The number of nitrogens with zero attached hydrogens (tertiary/aromatic N) is 1. The van der Waals surface area contributed by atoms with E-state index in [1.165, 1.54) is 7.11 Å². The first-order valence-electron chi connectivity index (χ1n) is 8.36. The van der Waals surface area contributed by atoms with Crippen molar-refractivity contribution in [2.75, 3.05) is 41.0 Å². The van der Waals surface area contributed by atoms with Crippen molar-refractivity contribution in [2.24, 2.45) is 10.9 Å². The lowest BCUT2D eigenvalue weighted by atomic mass is 10.1. The maximum atomic E-state index is 11.4. The molecular weight excluding hydrogens is 322 g/mol. The smallest absolute Gasteiger partial charge is 0.310 e. The number of esters is 1. The summed E-state index contributed by atoms with van der Waals surface area (Å²) in [6, 6.07) is 5.86. The number of hydrogen-bond donors (Lipinski definition) is 2. The number of guanidine groups is 1. The monoisotopic (exact) mass is 351 g/mol. The summed E-state index contributed by atoms with van der Waals surface area (Å²) in [5, 5.41) is 6.43. The van der Waals surface area contributed by atoms with Gasteiger partial charge >= 0.3 is 5.97 Å². The molecule has 0 aliphatic heterocycles. The number of ether oxygens (including phenoxy) is 3. The Bertz CT molecular complexity index is 575. The van der Waals surface area contributed by atoms with Crippen molar-refractivity contribution in [2.45, 2.75) is 20.3 Å². The van der Waals surface area contributed by atoms with E-state index in [9.17, 15) is 4.79 Å². The third kappa shape index (κ3) is 6.91. The summed E-state index contributed by atoms with van der Waals surface area (Å²) in [7, 11) is 4.63. The summed E-state index contributed by atoms with van der Waals surface area (Å²) in [5.74, 6) is 1.58. The first kappa shape index (κ1) is 20.6. The summed E-state index contributed by atoms with van der Waals surface area (Å²) in [6.07, 6.45) is 0.803. The number of hydrogen-bond acceptors (Lipinski definition) is 5. The van der Waals surface area contributed by atoms with Crippen LogP contribution in [-0.4, -0.2) is 52.9 Å². The standard InChI is InChI=1S/C18H29N3O4/c1-6-19-18(21-12-13(2)17(22)25-5)20-10-9-14-7-8-15(23-3)16(11-14)24-4/h7-8,11,13H,6,9-10,12H2,1-5H3,(H2,19,20,21). The molecule has 7 nitrogen and oxygen atoms in total. The van der Waals surface area contributed by atoms with Crippen LogP contribution in [-0.2, 0) is 16.0 Å². The average molecular weight is 351 g/mol. The summed E-state index contributed by atoms with van der Waals surface area (Å²) < 4.78 is 15.3. The summed E-state index contributed by atoms with van der Waals surface area (Å²) in [5.41, 5.74) is 1.13. The van der Waals surface area contributed by atoms with Crippen LogP contribution in [0.25, 0.3) is 0 Å². The van der Waals surface area contributed by atoms with Gasteiger partial charge in [-0.25, -0.2) is 0 Å². The van der Waals surface area contributed by atoms with Gasteiger partial charge in [0.05, 0.1) is 33.8 Å². The van der Waals surface area contributed by atoms with Gasteiger partial charge in [0.1, 0.15) is 0 Å². The van der Waals surface area contributed by atoms with Crippen molar-refractivity contribution >= 4 is 11.9 Å². The number of carbonyl (C=O) groups is 1. The van der Waals surface area contributed by atoms with Gasteiger partial charge in [-0.2, -0.15) is 0 Å². The summed E-state index contributed by atoms with van der Waals surface area (Å²) in [6.45, 7) is 5.61. The van der Waals surface area contributed by atoms with Crippen LogP contribution in [0.2, 0.25) is 0 Å². The van der Waals surface area contributed by atoms with Gasteiger partial charge in [-0.05, 0) is 31.0 Å². The SMILES string of the molecule is CCNC(=NCC(C)C(=O)OC)NCCc1ccc(OC)c(OC)c1. The fourth-order valence-corrected chi connectivity index (χ4v) is 2.21. The molecule has 0 radical (unpaired) electrons. The van der Waals surface area contributed by atoms with Gasteiger partial charge in [-0.15, -0.1) is 0 Å². The van der Waals surface area contributed by atoms with Gasteiger partial charge in [0.15, 0.2) is 17.5 Å². The number of benzene rings is 1. The summed E-state index contributed by atoms with van der Waals surface area (Å²) >= 11 is 0. The second-order valence-corrected chi connectivity index (χ2v) is 5.51. The minimum absolute atomic E-state index is 0.259. The Morgan fingerprint density at radius 2 is 1.88 bits per heavy atom.